The zero-order valence-electron chi connectivity index (χ0n) is 13.9. The molecule has 0 unspecified atom stereocenters. The molecular formula is C17H24N2O4. The standard InChI is InChI=1S/C17H24N2O4/c1-4-12(2)18-17(21)13-5-6-15-14(9-13)10-19(7-8-22-3)16(20)11-23-15/h5-6,9,12H,4,7-8,10-11H2,1-3H3,(H,18,21)/t12-/m1/s1. The van der Waals surface area contributed by atoms with Crippen LogP contribution in [0.2, 0.25) is 0 Å². The predicted molar refractivity (Wildman–Crippen MR) is 86.4 cm³/mol. The van der Waals surface area contributed by atoms with E-state index in [2.05, 4.69) is 5.32 Å². The van der Waals surface area contributed by atoms with Gasteiger partial charge in [-0.15, -0.1) is 0 Å². The van der Waals surface area contributed by atoms with Crippen molar-refractivity contribution in [2.75, 3.05) is 26.9 Å². The molecule has 1 N–H and O–H groups in total. The van der Waals surface area contributed by atoms with Gasteiger partial charge in [0.15, 0.2) is 6.61 Å². The smallest absolute Gasteiger partial charge is 0.260 e. The van der Waals surface area contributed by atoms with E-state index < -0.39 is 0 Å². The molecule has 1 atom stereocenters. The maximum atomic E-state index is 12.3. The molecular weight excluding hydrogens is 296 g/mol. The van der Waals surface area contributed by atoms with Crippen LogP contribution in [0.4, 0.5) is 0 Å². The molecule has 0 aromatic heterocycles. The number of methoxy groups -OCH3 is 1. The molecule has 0 fully saturated rings. The summed E-state index contributed by atoms with van der Waals surface area (Å²) in [6, 6.07) is 5.41. The van der Waals surface area contributed by atoms with E-state index in [0.29, 0.717) is 31.0 Å². The number of hydrogen-bond donors (Lipinski definition) is 1. The number of nitrogens with one attached hydrogen (secondary N) is 1. The minimum absolute atomic E-state index is 0.00905. The first-order chi connectivity index (χ1) is 11.0. The second-order valence-corrected chi connectivity index (χ2v) is 5.70. The summed E-state index contributed by atoms with van der Waals surface area (Å²) in [5, 5.41) is 2.94. The first-order valence-electron chi connectivity index (χ1n) is 7.88. The van der Waals surface area contributed by atoms with Crippen LogP contribution < -0.4 is 10.1 Å². The third-order valence-electron chi connectivity index (χ3n) is 3.94. The lowest BCUT2D eigenvalue weighted by Gasteiger charge is -2.19. The summed E-state index contributed by atoms with van der Waals surface area (Å²) < 4.78 is 10.6. The number of fused-ring (bicyclic) bond motifs is 1. The van der Waals surface area contributed by atoms with Gasteiger partial charge in [-0.1, -0.05) is 6.92 Å². The van der Waals surface area contributed by atoms with Gasteiger partial charge in [0, 0.05) is 37.4 Å². The molecule has 2 rings (SSSR count). The van der Waals surface area contributed by atoms with Crippen LogP contribution in [0.1, 0.15) is 36.2 Å². The van der Waals surface area contributed by atoms with Gasteiger partial charge in [0.05, 0.1) is 6.61 Å². The Balaban J connectivity index is 2.18. The number of nitrogens with zero attached hydrogens (tertiary/aromatic N) is 1. The van der Waals surface area contributed by atoms with E-state index in [9.17, 15) is 9.59 Å². The van der Waals surface area contributed by atoms with Crippen LogP contribution in [-0.2, 0) is 16.1 Å². The number of amides is 2. The van der Waals surface area contributed by atoms with Crippen LogP contribution in [0.5, 0.6) is 5.75 Å². The van der Waals surface area contributed by atoms with Crippen LogP contribution in [0.15, 0.2) is 18.2 Å². The average molecular weight is 320 g/mol. The number of carbonyl (C=O) groups is 2. The van der Waals surface area contributed by atoms with Crippen molar-refractivity contribution in [2.24, 2.45) is 0 Å². The Morgan fingerprint density at radius 2 is 2.26 bits per heavy atom. The first kappa shape index (κ1) is 17.3. The molecule has 126 valence electrons. The molecule has 1 aliphatic rings. The molecule has 0 saturated carbocycles. The van der Waals surface area contributed by atoms with E-state index in [4.69, 9.17) is 9.47 Å². The highest BCUT2D eigenvalue weighted by molar-refractivity contribution is 5.94. The highest BCUT2D eigenvalue weighted by Gasteiger charge is 2.22. The lowest BCUT2D eigenvalue weighted by Crippen LogP contribution is -2.35. The molecule has 2 amide bonds. The maximum Gasteiger partial charge on any atom is 0.260 e. The minimum Gasteiger partial charge on any atom is -0.483 e. The van der Waals surface area contributed by atoms with Crippen molar-refractivity contribution in [3.8, 4) is 5.75 Å². The van der Waals surface area contributed by atoms with Gasteiger partial charge in [-0.3, -0.25) is 9.59 Å². The molecule has 0 spiro atoms. The molecule has 0 saturated heterocycles. The molecule has 0 radical (unpaired) electrons. The Labute approximate surface area is 136 Å². The van der Waals surface area contributed by atoms with Crippen molar-refractivity contribution in [3.63, 3.8) is 0 Å². The Hall–Kier alpha value is -2.08. The monoisotopic (exact) mass is 320 g/mol. The van der Waals surface area contributed by atoms with Crippen molar-refractivity contribution in [1.82, 2.24) is 10.2 Å². The largest absolute Gasteiger partial charge is 0.483 e. The number of hydrogen-bond acceptors (Lipinski definition) is 4. The second-order valence-electron chi connectivity index (χ2n) is 5.70. The Kier molecular flexibility index (Phi) is 5.98. The molecule has 6 heteroatoms. The van der Waals surface area contributed by atoms with Gasteiger partial charge in [0.25, 0.3) is 11.8 Å². The SMILES string of the molecule is CC[C@@H](C)NC(=O)c1ccc2c(c1)CN(CCOC)C(=O)CO2. The molecule has 1 aromatic carbocycles. The number of rotatable bonds is 6. The quantitative estimate of drug-likeness (QED) is 0.864. The van der Waals surface area contributed by atoms with Gasteiger partial charge < -0.3 is 19.7 Å². The van der Waals surface area contributed by atoms with Gasteiger partial charge in [-0.25, -0.2) is 0 Å². The van der Waals surface area contributed by atoms with Crippen molar-refractivity contribution in [3.05, 3.63) is 29.3 Å². The minimum atomic E-state index is -0.110. The van der Waals surface area contributed by atoms with Crippen LogP contribution in [0, 0.1) is 0 Å². The molecule has 1 aliphatic heterocycles. The summed E-state index contributed by atoms with van der Waals surface area (Å²) in [7, 11) is 1.60. The van der Waals surface area contributed by atoms with Crippen molar-refractivity contribution in [2.45, 2.75) is 32.9 Å². The van der Waals surface area contributed by atoms with Crippen LogP contribution >= 0.6 is 0 Å². The normalized spacial score (nSPS) is 15.4. The van der Waals surface area contributed by atoms with Crippen LogP contribution in [0.25, 0.3) is 0 Å². The highest BCUT2D eigenvalue weighted by Crippen LogP contribution is 2.24. The summed E-state index contributed by atoms with van der Waals surface area (Å²) in [6.07, 6.45) is 0.874. The number of benzene rings is 1. The number of carbonyl (C=O) groups excluding carboxylic acids is 2. The second kappa shape index (κ2) is 7.97. The maximum absolute atomic E-state index is 12.3. The molecule has 0 aliphatic carbocycles. The summed E-state index contributed by atoms with van der Waals surface area (Å²) in [4.78, 5) is 26.0. The van der Waals surface area contributed by atoms with Crippen molar-refractivity contribution in [1.29, 1.82) is 0 Å². The summed E-state index contributed by atoms with van der Waals surface area (Å²) in [5.74, 6) is 0.461. The summed E-state index contributed by atoms with van der Waals surface area (Å²) in [6.45, 7) is 5.39. The Morgan fingerprint density at radius 1 is 1.48 bits per heavy atom. The first-order valence-corrected chi connectivity index (χ1v) is 7.88. The van der Waals surface area contributed by atoms with E-state index in [1.54, 1.807) is 30.2 Å². The van der Waals surface area contributed by atoms with E-state index >= 15 is 0 Å². The van der Waals surface area contributed by atoms with Crippen molar-refractivity contribution < 1.29 is 19.1 Å². The average Bonchev–Trinajstić information content (AvgIpc) is 2.71. The molecule has 1 aromatic rings. The fourth-order valence-electron chi connectivity index (χ4n) is 2.32. The molecule has 0 bridgehead atoms. The van der Waals surface area contributed by atoms with Gasteiger partial charge in [0.1, 0.15) is 5.75 Å². The lowest BCUT2D eigenvalue weighted by molar-refractivity contribution is -0.133. The molecule has 1 heterocycles. The Morgan fingerprint density at radius 3 is 2.96 bits per heavy atom. The number of ether oxygens (including phenoxy) is 2. The topological polar surface area (TPSA) is 67.9 Å². The fraction of sp³-hybridized carbons (Fsp3) is 0.529. The van der Waals surface area contributed by atoms with Crippen LogP contribution in [-0.4, -0.2) is 49.6 Å². The molecule has 6 nitrogen and oxygen atoms in total. The van der Waals surface area contributed by atoms with E-state index in [1.807, 2.05) is 13.8 Å². The van der Waals surface area contributed by atoms with E-state index in [1.165, 1.54) is 0 Å². The third-order valence-corrected chi connectivity index (χ3v) is 3.94. The lowest BCUT2D eigenvalue weighted by atomic mass is 10.1. The zero-order valence-corrected chi connectivity index (χ0v) is 13.9. The fourth-order valence-corrected chi connectivity index (χ4v) is 2.32. The van der Waals surface area contributed by atoms with Gasteiger partial charge in [0.2, 0.25) is 0 Å². The molecule has 23 heavy (non-hydrogen) atoms. The summed E-state index contributed by atoms with van der Waals surface area (Å²) in [5.41, 5.74) is 1.41. The zero-order chi connectivity index (χ0) is 16.8. The summed E-state index contributed by atoms with van der Waals surface area (Å²) >= 11 is 0. The van der Waals surface area contributed by atoms with Gasteiger partial charge >= 0.3 is 0 Å². The third kappa shape index (κ3) is 4.45. The highest BCUT2D eigenvalue weighted by atomic mass is 16.5. The van der Waals surface area contributed by atoms with E-state index in [-0.39, 0.29) is 24.5 Å². The predicted octanol–water partition coefficient (Wildman–Crippen LogP) is 1.58. The Bertz CT molecular complexity index is 574. The van der Waals surface area contributed by atoms with E-state index in [0.717, 1.165) is 12.0 Å². The van der Waals surface area contributed by atoms with Gasteiger partial charge in [-0.05, 0) is 31.5 Å². The van der Waals surface area contributed by atoms with Gasteiger partial charge in [-0.2, -0.15) is 0 Å². The van der Waals surface area contributed by atoms with Crippen molar-refractivity contribution >= 4 is 11.8 Å². The van der Waals surface area contributed by atoms with Crippen LogP contribution in [0.3, 0.4) is 0 Å².